The van der Waals surface area contributed by atoms with E-state index >= 15 is 0 Å². The summed E-state index contributed by atoms with van der Waals surface area (Å²) in [6.45, 7) is -1.87. The van der Waals surface area contributed by atoms with Gasteiger partial charge in [-0.3, -0.25) is 0 Å². The van der Waals surface area contributed by atoms with Gasteiger partial charge >= 0.3 is 12.3 Å². The molecule has 0 aliphatic carbocycles. The molecule has 0 saturated heterocycles. The van der Waals surface area contributed by atoms with Crippen LogP contribution in [0.1, 0.15) is 11.0 Å². The van der Waals surface area contributed by atoms with Crippen LogP contribution in [0.15, 0.2) is 15.9 Å². The first-order chi connectivity index (χ1) is 7.84. The van der Waals surface area contributed by atoms with Gasteiger partial charge in [0.15, 0.2) is 0 Å². The molecule has 0 amide bonds. The maximum atomic E-state index is 12.5. The van der Waals surface area contributed by atoms with Crippen molar-refractivity contribution in [3.05, 3.63) is 20.8 Å². The van der Waals surface area contributed by atoms with Gasteiger partial charge in [-0.2, -0.15) is 8.78 Å². The van der Waals surface area contributed by atoms with Crippen LogP contribution in [0.3, 0.4) is 0 Å². The lowest BCUT2D eigenvalue weighted by Gasteiger charge is -2.16. The lowest BCUT2D eigenvalue weighted by Crippen LogP contribution is -2.33. The number of halogens is 5. The van der Waals surface area contributed by atoms with E-state index in [1.807, 2.05) is 0 Å². The van der Waals surface area contributed by atoms with Crippen molar-refractivity contribution in [3.8, 4) is 0 Å². The van der Waals surface area contributed by atoms with Gasteiger partial charge in [-0.1, -0.05) is 0 Å². The summed E-state index contributed by atoms with van der Waals surface area (Å²) in [6.07, 6.45) is -4.88. The summed E-state index contributed by atoms with van der Waals surface area (Å²) in [7, 11) is 0. The summed E-state index contributed by atoms with van der Waals surface area (Å²) in [4.78, 5) is 0.505. The van der Waals surface area contributed by atoms with Gasteiger partial charge in [0, 0.05) is 9.35 Å². The summed E-state index contributed by atoms with van der Waals surface area (Å²) >= 11 is 4.36. The van der Waals surface area contributed by atoms with Crippen molar-refractivity contribution in [2.45, 2.75) is 18.5 Å². The molecule has 1 rings (SSSR count). The van der Waals surface area contributed by atoms with Gasteiger partial charge in [-0.15, -0.1) is 11.3 Å². The van der Waals surface area contributed by atoms with E-state index in [0.29, 0.717) is 9.35 Å². The number of aliphatic hydroxyl groups excluding tert-OH is 1. The number of rotatable bonds is 6. The minimum absolute atomic E-state index is 0.457. The van der Waals surface area contributed by atoms with Crippen LogP contribution in [0.4, 0.5) is 17.6 Å². The highest BCUT2D eigenvalue weighted by Crippen LogP contribution is 2.30. The van der Waals surface area contributed by atoms with Crippen LogP contribution in [0.5, 0.6) is 0 Å². The SMILES string of the molecule is OC(COCC(F)(F)C(F)F)c1sccc1Br. The molecule has 0 radical (unpaired) electrons. The quantitative estimate of drug-likeness (QED) is 0.806. The highest BCUT2D eigenvalue weighted by atomic mass is 79.9. The van der Waals surface area contributed by atoms with Crippen LogP contribution in [0.2, 0.25) is 0 Å². The molecule has 1 aromatic rings. The molecule has 0 saturated carbocycles. The Bertz CT molecular complexity index is 359. The summed E-state index contributed by atoms with van der Waals surface area (Å²) in [5.41, 5.74) is 0. The van der Waals surface area contributed by atoms with E-state index in [9.17, 15) is 22.7 Å². The van der Waals surface area contributed by atoms with Crippen molar-refractivity contribution >= 4 is 27.3 Å². The fourth-order valence-electron chi connectivity index (χ4n) is 0.989. The van der Waals surface area contributed by atoms with Crippen molar-refractivity contribution in [3.63, 3.8) is 0 Å². The number of hydrogen-bond acceptors (Lipinski definition) is 3. The Balaban J connectivity index is 2.40. The lowest BCUT2D eigenvalue weighted by atomic mass is 10.3. The van der Waals surface area contributed by atoms with Crippen molar-refractivity contribution in [2.24, 2.45) is 0 Å². The molecule has 17 heavy (non-hydrogen) atoms. The van der Waals surface area contributed by atoms with Crippen molar-refractivity contribution in [2.75, 3.05) is 13.2 Å². The highest BCUT2D eigenvalue weighted by molar-refractivity contribution is 9.10. The molecule has 1 atom stereocenters. The second-order valence-electron chi connectivity index (χ2n) is 3.23. The van der Waals surface area contributed by atoms with E-state index in [-0.39, 0.29) is 0 Å². The van der Waals surface area contributed by atoms with Crippen LogP contribution >= 0.6 is 27.3 Å². The van der Waals surface area contributed by atoms with Gasteiger partial charge in [0.1, 0.15) is 12.7 Å². The second-order valence-corrected chi connectivity index (χ2v) is 5.03. The van der Waals surface area contributed by atoms with E-state index in [2.05, 4.69) is 20.7 Å². The van der Waals surface area contributed by atoms with Gasteiger partial charge in [0.05, 0.1) is 6.61 Å². The molecule has 8 heteroatoms. The molecule has 0 bridgehead atoms. The molecule has 0 aliphatic heterocycles. The van der Waals surface area contributed by atoms with Gasteiger partial charge in [-0.25, -0.2) is 8.78 Å². The van der Waals surface area contributed by atoms with Gasteiger partial charge in [-0.05, 0) is 27.4 Å². The largest absolute Gasteiger partial charge is 0.385 e. The number of hydrogen-bond donors (Lipinski definition) is 1. The molecule has 0 fully saturated rings. The molecule has 0 aromatic carbocycles. The molecule has 1 heterocycles. The first kappa shape index (κ1) is 14.9. The monoisotopic (exact) mass is 336 g/mol. The summed E-state index contributed by atoms with van der Waals surface area (Å²) < 4.78 is 53.5. The fourth-order valence-corrected chi connectivity index (χ4v) is 2.60. The van der Waals surface area contributed by atoms with Crippen molar-refractivity contribution in [1.82, 2.24) is 0 Å². The summed E-state index contributed by atoms with van der Waals surface area (Å²) in [6, 6.07) is 1.68. The Labute approximate surface area is 107 Å². The first-order valence-corrected chi connectivity index (χ1v) is 6.16. The molecule has 0 aliphatic rings. The van der Waals surface area contributed by atoms with Crippen molar-refractivity contribution in [1.29, 1.82) is 0 Å². The molecule has 0 spiro atoms. The molecule has 1 N–H and O–H groups in total. The van der Waals surface area contributed by atoms with E-state index in [1.54, 1.807) is 11.4 Å². The number of alkyl halides is 4. The smallest absolute Gasteiger partial charge is 0.330 e. The highest BCUT2D eigenvalue weighted by Gasteiger charge is 2.41. The Morgan fingerprint density at radius 2 is 2.12 bits per heavy atom. The minimum Gasteiger partial charge on any atom is -0.385 e. The van der Waals surface area contributed by atoms with E-state index in [4.69, 9.17) is 0 Å². The third kappa shape index (κ3) is 4.20. The normalized spacial score (nSPS) is 14.3. The van der Waals surface area contributed by atoms with E-state index in [1.165, 1.54) is 11.3 Å². The molecule has 1 aromatic heterocycles. The number of ether oxygens (including phenoxy) is 1. The molecule has 98 valence electrons. The fraction of sp³-hybridized carbons (Fsp3) is 0.556. The summed E-state index contributed by atoms with van der Waals surface area (Å²) in [5, 5.41) is 11.2. The van der Waals surface area contributed by atoms with E-state index in [0.717, 1.165) is 0 Å². The zero-order chi connectivity index (χ0) is 13.1. The minimum atomic E-state index is -4.19. The topological polar surface area (TPSA) is 29.5 Å². The maximum absolute atomic E-state index is 12.5. The number of thiophene rings is 1. The molecular formula is C9H9BrF4O2S. The third-order valence-electron chi connectivity index (χ3n) is 1.84. The van der Waals surface area contributed by atoms with Gasteiger partial charge in [0.2, 0.25) is 0 Å². The number of aliphatic hydroxyl groups is 1. The molecule has 1 unspecified atom stereocenters. The van der Waals surface area contributed by atoms with Gasteiger partial charge in [0.25, 0.3) is 0 Å². The Kier molecular flexibility index (Phi) is 5.36. The van der Waals surface area contributed by atoms with E-state index < -0.39 is 31.7 Å². The van der Waals surface area contributed by atoms with Crippen LogP contribution in [0, 0.1) is 0 Å². The van der Waals surface area contributed by atoms with Gasteiger partial charge < -0.3 is 9.84 Å². The van der Waals surface area contributed by atoms with Crippen LogP contribution in [-0.4, -0.2) is 30.7 Å². The van der Waals surface area contributed by atoms with Crippen LogP contribution in [-0.2, 0) is 4.74 Å². The predicted octanol–water partition coefficient (Wildman–Crippen LogP) is 3.46. The van der Waals surface area contributed by atoms with Crippen molar-refractivity contribution < 1.29 is 27.4 Å². The standard InChI is InChI=1S/C9H9BrF4O2S/c10-5-1-2-17-7(5)6(15)3-16-4-9(13,14)8(11)12/h1-2,6,8,15H,3-4H2. The first-order valence-electron chi connectivity index (χ1n) is 4.49. The summed E-state index contributed by atoms with van der Waals surface area (Å²) in [5.74, 6) is -4.19. The Morgan fingerprint density at radius 3 is 2.59 bits per heavy atom. The average molecular weight is 337 g/mol. The predicted molar refractivity (Wildman–Crippen MR) is 58.7 cm³/mol. The molecular weight excluding hydrogens is 328 g/mol. The average Bonchev–Trinajstić information content (AvgIpc) is 2.63. The maximum Gasteiger partial charge on any atom is 0.330 e. The zero-order valence-electron chi connectivity index (χ0n) is 8.38. The van der Waals surface area contributed by atoms with Crippen LogP contribution in [0.25, 0.3) is 0 Å². The van der Waals surface area contributed by atoms with Crippen LogP contribution < -0.4 is 0 Å². The Morgan fingerprint density at radius 1 is 1.47 bits per heavy atom. The zero-order valence-corrected chi connectivity index (χ0v) is 10.8. The lowest BCUT2D eigenvalue weighted by molar-refractivity contribution is -0.170. The Hall–Kier alpha value is -0.180. The molecule has 2 nitrogen and oxygen atoms in total. The third-order valence-corrected chi connectivity index (χ3v) is 3.81. The second kappa shape index (κ2) is 6.12.